The van der Waals surface area contributed by atoms with Crippen molar-refractivity contribution in [2.24, 2.45) is 5.92 Å². The van der Waals surface area contributed by atoms with E-state index in [2.05, 4.69) is 0 Å². The molecule has 1 saturated carbocycles. The van der Waals surface area contributed by atoms with Crippen LogP contribution in [0.5, 0.6) is 0 Å². The predicted octanol–water partition coefficient (Wildman–Crippen LogP) is 4.26. The van der Waals surface area contributed by atoms with Crippen molar-refractivity contribution in [3.63, 3.8) is 0 Å². The summed E-state index contributed by atoms with van der Waals surface area (Å²) < 4.78 is 14.1. The number of rotatable bonds is 2. The van der Waals surface area contributed by atoms with E-state index in [4.69, 9.17) is 0 Å². The minimum atomic E-state index is -0.363. The quantitative estimate of drug-likeness (QED) is 0.844. The van der Waals surface area contributed by atoms with Gasteiger partial charge in [-0.15, -0.1) is 11.3 Å². The SMILES string of the molecule is OC(c1cc2cc(F)ccc2s1)C1CCCC1. The average molecular weight is 250 g/mol. The second-order valence-corrected chi connectivity index (χ2v) is 5.94. The highest BCUT2D eigenvalue weighted by Crippen LogP contribution is 2.39. The highest BCUT2D eigenvalue weighted by Gasteiger charge is 2.25. The molecule has 1 aliphatic rings. The van der Waals surface area contributed by atoms with E-state index in [1.807, 2.05) is 6.07 Å². The maximum atomic E-state index is 13.1. The molecule has 1 heterocycles. The summed E-state index contributed by atoms with van der Waals surface area (Å²) in [6.07, 6.45) is 4.31. The lowest BCUT2D eigenvalue weighted by Gasteiger charge is -2.15. The van der Waals surface area contributed by atoms with Crippen molar-refractivity contribution in [3.05, 3.63) is 35.0 Å². The summed E-state index contributed by atoms with van der Waals surface area (Å²) in [4.78, 5) is 0.984. The van der Waals surface area contributed by atoms with E-state index in [0.29, 0.717) is 5.92 Å². The number of fused-ring (bicyclic) bond motifs is 1. The van der Waals surface area contributed by atoms with Gasteiger partial charge in [0.15, 0.2) is 0 Å². The van der Waals surface area contributed by atoms with Crippen molar-refractivity contribution in [3.8, 4) is 0 Å². The Morgan fingerprint density at radius 1 is 1.24 bits per heavy atom. The Labute approximate surface area is 104 Å². The van der Waals surface area contributed by atoms with Gasteiger partial charge in [-0.3, -0.25) is 0 Å². The first-order valence-corrected chi connectivity index (χ1v) is 6.93. The van der Waals surface area contributed by atoms with Gasteiger partial charge in [0.25, 0.3) is 0 Å². The monoisotopic (exact) mass is 250 g/mol. The Kier molecular flexibility index (Phi) is 2.89. The molecule has 1 atom stereocenters. The highest BCUT2D eigenvalue weighted by atomic mass is 32.1. The van der Waals surface area contributed by atoms with E-state index < -0.39 is 0 Å². The number of halogens is 1. The summed E-state index contributed by atoms with van der Waals surface area (Å²) in [5.74, 6) is 0.185. The van der Waals surface area contributed by atoms with Crippen LogP contribution in [-0.2, 0) is 0 Å². The fraction of sp³-hybridized carbons (Fsp3) is 0.429. The van der Waals surface area contributed by atoms with Crippen molar-refractivity contribution >= 4 is 21.4 Å². The van der Waals surface area contributed by atoms with Gasteiger partial charge < -0.3 is 5.11 Å². The zero-order valence-corrected chi connectivity index (χ0v) is 10.3. The lowest BCUT2D eigenvalue weighted by molar-refractivity contribution is 0.115. The van der Waals surface area contributed by atoms with Gasteiger partial charge in [-0.05, 0) is 48.4 Å². The second-order valence-electron chi connectivity index (χ2n) is 4.82. The third-order valence-corrected chi connectivity index (χ3v) is 4.82. The first-order chi connectivity index (χ1) is 8.24. The molecule has 0 saturated heterocycles. The lowest BCUT2D eigenvalue weighted by Crippen LogP contribution is -2.06. The largest absolute Gasteiger partial charge is 0.387 e. The molecule has 1 aromatic heterocycles. The molecule has 0 bridgehead atoms. The molecule has 0 amide bonds. The van der Waals surface area contributed by atoms with Crippen molar-refractivity contribution in [1.82, 2.24) is 0 Å². The van der Waals surface area contributed by atoms with E-state index in [0.717, 1.165) is 27.8 Å². The first kappa shape index (κ1) is 11.2. The number of aliphatic hydroxyl groups is 1. The van der Waals surface area contributed by atoms with Crippen molar-refractivity contribution < 1.29 is 9.50 Å². The number of hydrogen-bond acceptors (Lipinski definition) is 2. The Bertz CT molecular complexity index is 528. The zero-order valence-electron chi connectivity index (χ0n) is 9.53. The Morgan fingerprint density at radius 2 is 2.00 bits per heavy atom. The van der Waals surface area contributed by atoms with Gasteiger partial charge in [-0.1, -0.05) is 12.8 Å². The molecule has 1 nitrogen and oxygen atoms in total. The predicted molar refractivity (Wildman–Crippen MR) is 68.7 cm³/mol. The molecule has 1 unspecified atom stereocenters. The van der Waals surface area contributed by atoms with Crippen LogP contribution in [0.25, 0.3) is 10.1 Å². The minimum absolute atomic E-state index is 0.211. The van der Waals surface area contributed by atoms with Gasteiger partial charge >= 0.3 is 0 Å². The van der Waals surface area contributed by atoms with Crippen LogP contribution < -0.4 is 0 Å². The third kappa shape index (κ3) is 2.09. The van der Waals surface area contributed by atoms with Crippen LogP contribution in [0, 0.1) is 11.7 Å². The van der Waals surface area contributed by atoms with Crippen LogP contribution in [0.2, 0.25) is 0 Å². The molecule has 2 aromatic rings. The van der Waals surface area contributed by atoms with Crippen molar-refractivity contribution in [1.29, 1.82) is 0 Å². The second kappa shape index (κ2) is 4.39. The molecule has 17 heavy (non-hydrogen) atoms. The number of aliphatic hydroxyl groups excluding tert-OH is 1. The summed E-state index contributed by atoms with van der Waals surface area (Å²) in [6.45, 7) is 0. The summed E-state index contributed by atoms with van der Waals surface area (Å²) in [5, 5.41) is 11.2. The smallest absolute Gasteiger partial charge is 0.123 e. The Balaban J connectivity index is 1.94. The molecular formula is C14H15FOS. The molecule has 0 radical (unpaired) electrons. The van der Waals surface area contributed by atoms with Crippen molar-refractivity contribution in [2.75, 3.05) is 0 Å². The van der Waals surface area contributed by atoms with Gasteiger partial charge in [-0.25, -0.2) is 4.39 Å². The number of thiophene rings is 1. The standard InChI is InChI=1S/C14H15FOS/c15-11-5-6-12-10(7-11)8-13(17-12)14(16)9-3-1-2-4-9/h5-9,14,16H,1-4H2. The van der Waals surface area contributed by atoms with Crippen LogP contribution >= 0.6 is 11.3 Å². The van der Waals surface area contributed by atoms with Gasteiger partial charge in [0.05, 0.1) is 6.10 Å². The molecule has 1 aromatic carbocycles. The van der Waals surface area contributed by atoms with E-state index in [-0.39, 0.29) is 11.9 Å². The zero-order chi connectivity index (χ0) is 11.8. The Morgan fingerprint density at radius 3 is 2.76 bits per heavy atom. The van der Waals surface area contributed by atoms with Crippen LogP contribution in [-0.4, -0.2) is 5.11 Å². The van der Waals surface area contributed by atoms with Gasteiger partial charge in [-0.2, -0.15) is 0 Å². The summed E-state index contributed by atoms with van der Waals surface area (Å²) >= 11 is 1.58. The Hall–Kier alpha value is -0.930. The van der Waals surface area contributed by atoms with Crippen LogP contribution in [0.15, 0.2) is 24.3 Å². The fourth-order valence-electron chi connectivity index (χ4n) is 2.69. The van der Waals surface area contributed by atoms with Gasteiger partial charge in [0, 0.05) is 9.58 Å². The van der Waals surface area contributed by atoms with E-state index >= 15 is 0 Å². The fourth-order valence-corrected chi connectivity index (χ4v) is 3.81. The topological polar surface area (TPSA) is 20.2 Å². The normalized spacial score (nSPS) is 18.9. The van der Waals surface area contributed by atoms with E-state index in [9.17, 15) is 9.50 Å². The van der Waals surface area contributed by atoms with Crippen LogP contribution in [0.4, 0.5) is 4.39 Å². The molecule has 3 rings (SSSR count). The van der Waals surface area contributed by atoms with E-state index in [1.165, 1.54) is 25.0 Å². The maximum Gasteiger partial charge on any atom is 0.123 e. The first-order valence-electron chi connectivity index (χ1n) is 6.11. The van der Waals surface area contributed by atoms with Crippen LogP contribution in [0.3, 0.4) is 0 Å². The molecule has 0 aliphatic heterocycles. The number of benzene rings is 1. The van der Waals surface area contributed by atoms with E-state index in [1.54, 1.807) is 17.4 Å². The molecule has 1 aliphatic carbocycles. The molecule has 1 N–H and O–H groups in total. The molecular weight excluding hydrogens is 235 g/mol. The lowest BCUT2D eigenvalue weighted by atomic mass is 9.99. The average Bonchev–Trinajstić information content (AvgIpc) is 2.96. The van der Waals surface area contributed by atoms with Crippen molar-refractivity contribution in [2.45, 2.75) is 31.8 Å². The maximum absolute atomic E-state index is 13.1. The summed E-state index contributed by atoms with van der Waals surface area (Å²) in [7, 11) is 0. The summed E-state index contributed by atoms with van der Waals surface area (Å²) in [6, 6.07) is 6.74. The van der Waals surface area contributed by atoms with Gasteiger partial charge in [0.2, 0.25) is 0 Å². The molecule has 90 valence electrons. The van der Waals surface area contributed by atoms with Crippen LogP contribution in [0.1, 0.15) is 36.7 Å². The summed E-state index contributed by atoms with van der Waals surface area (Å²) in [5.41, 5.74) is 0. The number of hydrogen-bond donors (Lipinski definition) is 1. The highest BCUT2D eigenvalue weighted by molar-refractivity contribution is 7.19. The third-order valence-electron chi connectivity index (χ3n) is 3.64. The molecule has 1 fully saturated rings. The molecule has 0 spiro atoms. The van der Waals surface area contributed by atoms with Gasteiger partial charge in [0.1, 0.15) is 5.82 Å². The molecule has 3 heteroatoms. The minimum Gasteiger partial charge on any atom is -0.387 e.